The van der Waals surface area contributed by atoms with E-state index in [0.29, 0.717) is 6.04 Å². The van der Waals surface area contributed by atoms with Gasteiger partial charge < -0.3 is 10.1 Å². The molecule has 0 saturated heterocycles. The lowest BCUT2D eigenvalue weighted by Gasteiger charge is -2.25. The van der Waals surface area contributed by atoms with Crippen LogP contribution < -0.4 is 10.1 Å². The molecule has 1 aliphatic carbocycles. The molecule has 4 unspecified atom stereocenters. The Kier molecular flexibility index (Phi) is 6.10. The minimum atomic E-state index is 0.593. The van der Waals surface area contributed by atoms with Gasteiger partial charge in [0.15, 0.2) is 0 Å². The number of ether oxygens (including phenoxy) is 1. The van der Waals surface area contributed by atoms with Gasteiger partial charge in [-0.15, -0.1) is 0 Å². The van der Waals surface area contributed by atoms with Gasteiger partial charge in [-0.2, -0.15) is 0 Å². The van der Waals surface area contributed by atoms with Crippen molar-refractivity contribution in [2.45, 2.75) is 65.0 Å². The summed E-state index contributed by atoms with van der Waals surface area (Å²) in [5, 5.41) is 3.86. The first-order valence-electron chi connectivity index (χ1n) is 8.53. The molecule has 1 aromatic rings. The molecule has 0 spiro atoms. The van der Waals surface area contributed by atoms with Gasteiger partial charge in [0.2, 0.25) is 0 Å². The van der Waals surface area contributed by atoms with Crippen molar-refractivity contribution in [1.82, 2.24) is 5.32 Å². The normalized spacial score (nSPS) is 26.8. The zero-order chi connectivity index (χ0) is 15.2. The number of hydrogen-bond acceptors (Lipinski definition) is 2. The first kappa shape index (κ1) is 16.4. The highest BCUT2D eigenvalue weighted by molar-refractivity contribution is 5.27. The van der Waals surface area contributed by atoms with Gasteiger partial charge in [0.25, 0.3) is 0 Å². The molecule has 4 atom stereocenters. The van der Waals surface area contributed by atoms with Gasteiger partial charge >= 0.3 is 0 Å². The third-order valence-electron chi connectivity index (χ3n) is 5.27. The molecule has 0 heterocycles. The number of methoxy groups -OCH3 is 1. The molecule has 0 aliphatic heterocycles. The van der Waals surface area contributed by atoms with Crippen LogP contribution in [0.25, 0.3) is 0 Å². The highest BCUT2D eigenvalue weighted by Crippen LogP contribution is 2.34. The van der Waals surface area contributed by atoms with Crippen LogP contribution in [0.1, 0.15) is 52.0 Å². The summed E-state index contributed by atoms with van der Waals surface area (Å²) in [5.41, 5.74) is 1.40. The van der Waals surface area contributed by atoms with Crippen LogP contribution in [-0.4, -0.2) is 19.2 Å². The maximum atomic E-state index is 5.20. The molecule has 118 valence electrons. The topological polar surface area (TPSA) is 21.3 Å². The summed E-state index contributed by atoms with van der Waals surface area (Å²) in [6.07, 6.45) is 6.43. The Balaban J connectivity index is 1.75. The van der Waals surface area contributed by atoms with Crippen molar-refractivity contribution in [3.8, 4) is 5.75 Å². The predicted molar refractivity (Wildman–Crippen MR) is 89.9 cm³/mol. The number of nitrogens with one attached hydrogen (secondary N) is 1. The smallest absolute Gasteiger partial charge is 0.118 e. The average molecular weight is 289 g/mol. The van der Waals surface area contributed by atoms with Crippen LogP contribution in [0, 0.1) is 11.8 Å². The molecule has 1 fully saturated rings. The van der Waals surface area contributed by atoms with Crippen molar-refractivity contribution in [3.05, 3.63) is 29.8 Å². The number of benzene rings is 1. The van der Waals surface area contributed by atoms with Gasteiger partial charge in [0, 0.05) is 12.1 Å². The monoisotopic (exact) mass is 289 g/mol. The fourth-order valence-corrected chi connectivity index (χ4v) is 3.68. The lowest BCUT2D eigenvalue weighted by Crippen LogP contribution is -2.39. The van der Waals surface area contributed by atoms with Crippen molar-refractivity contribution < 1.29 is 4.74 Å². The summed E-state index contributed by atoms with van der Waals surface area (Å²) < 4.78 is 5.20. The number of rotatable bonds is 7. The van der Waals surface area contributed by atoms with Crippen LogP contribution in [0.3, 0.4) is 0 Å². The molecule has 1 aliphatic rings. The molecule has 1 N–H and O–H groups in total. The summed E-state index contributed by atoms with van der Waals surface area (Å²) in [4.78, 5) is 0. The first-order chi connectivity index (χ1) is 10.1. The van der Waals surface area contributed by atoms with E-state index in [9.17, 15) is 0 Å². The Morgan fingerprint density at radius 1 is 1.24 bits per heavy atom. The second-order valence-corrected chi connectivity index (χ2v) is 6.67. The molecular weight excluding hydrogens is 258 g/mol. The van der Waals surface area contributed by atoms with E-state index < -0.39 is 0 Å². The van der Waals surface area contributed by atoms with Crippen LogP contribution >= 0.6 is 0 Å². The summed E-state index contributed by atoms with van der Waals surface area (Å²) >= 11 is 0. The molecule has 2 heteroatoms. The largest absolute Gasteiger partial charge is 0.497 e. The van der Waals surface area contributed by atoms with E-state index in [1.54, 1.807) is 7.11 Å². The summed E-state index contributed by atoms with van der Waals surface area (Å²) in [6.45, 7) is 7.08. The molecule has 0 amide bonds. The van der Waals surface area contributed by atoms with Gasteiger partial charge in [-0.3, -0.25) is 0 Å². The van der Waals surface area contributed by atoms with Crippen molar-refractivity contribution in [2.75, 3.05) is 7.11 Å². The maximum Gasteiger partial charge on any atom is 0.118 e. The van der Waals surface area contributed by atoms with E-state index >= 15 is 0 Å². The standard InChI is InChI=1S/C19H31NO/c1-5-17-10-13-19(15(17)3)20-14(2)6-7-16-8-11-18(21-4)12-9-16/h8-9,11-12,14-15,17,19-20H,5-7,10,13H2,1-4H3. The molecule has 1 aromatic carbocycles. The van der Waals surface area contributed by atoms with Gasteiger partial charge in [0.05, 0.1) is 7.11 Å². The fourth-order valence-electron chi connectivity index (χ4n) is 3.68. The molecule has 1 saturated carbocycles. The van der Waals surface area contributed by atoms with Gasteiger partial charge in [-0.1, -0.05) is 32.4 Å². The maximum absolute atomic E-state index is 5.20. The molecular formula is C19H31NO. The second-order valence-electron chi connectivity index (χ2n) is 6.67. The quantitative estimate of drug-likeness (QED) is 0.801. The van der Waals surface area contributed by atoms with E-state index in [0.717, 1.165) is 30.0 Å². The highest BCUT2D eigenvalue weighted by Gasteiger charge is 2.31. The number of hydrogen-bond donors (Lipinski definition) is 1. The van der Waals surface area contributed by atoms with Crippen molar-refractivity contribution in [1.29, 1.82) is 0 Å². The molecule has 0 bridgehead atoms. The molecule has 0 radical (unpaired) electrons. The van der Waals surface area contributed by atoms with Crippen LogP contribution in [0.15, 0.2) is 24.3 Å². The van der Waals surface area contributed by atoms with Gasteiger partial charge in [-0.05, 0) is 62.1 Å². The lowest BCUT2D eigenvalue weighted by atomic mass is 9.93. The molecule has 0 aromatic heterocycles. The van der Waals surface area contributed by atoms with Crippen LogP contribution in [-0.2, 0) is 6.42 Å². The van der Waals surface area contributed by atoms with E-state index in [2.05, 4.69) is 50.4 Å². The highest BCUT2D eigenvalue weighted by atomic mass is 16.5. The van der Waals surface area contributed by atoms with E-state index in [1.807, 2.05) is 0 Å². The second kappa shape index (κ2) is 7.84. The van der Waals surface area contributed by atoms with Gasteiger partial charge in [0.1, 0.15) is 5.75 Å². The minimum absolute atomic E-state index is 0.593. The summed E-state index contributed by atoms with van der Waals surface area (Å²) in [5.74, 6) is 2.70. The van der Waals surface area contributed by atoms with Crippen molar-refractivity contribution in [3.63, 3.8) is 0 Å². The Labute approximate surface area is 130 Å². The zero-order valence-corrected chi connectivity index (χ0v) is 14.1. The first-order valence-corrected chi connectivity index (χ1v) is 8.53. The van der Waals surface area contributed by atoms with E-state index in [-0.39, 0.29) is 0 Å². The predicted octanol–water partition coefficient (Wildman–Crippen LogP) is 4.43. The third-order valence-corrected chi connectivity index (χ3v) is 5.27. The van der Waals surface area contributed by atoms with Gasteiger partial charge in [-0.25, -0.2) is 0 Å². The van der Waals surface area contributed by atoms with E-state index in [1.165, 1.54) is 31.2 Å². The fraction of sp³-hybridized carbons (Fsp3) is 0.684. The molecule has 2 nitrogen and oxygen atoms in total. The van der Waals surface area contributed by atoms with E-state index in [4.69, 9.17) is 4.74 Å². The number of aryl methyl sites for hydroxylation is 1. The van der Waals surface area contributed by atoms with Crippen LogP contribution in [0.2, 0.25) is 0 Å². The average Bonchev–Trinajstić information content (AvgIpc) is 2.86. The minimum Gasteiger partial charge on any atom is -0.497 e. The summed E-state index contributed by atoms with van der Waals surface area (Å²) in [7, 11) is 1.72. The lowest BCUT2D eigenvalue weighted by molar-refractivity contribution is 0.320. The zero-order valence-electron chi connectivity index (χ0n) is 14.1. The SMILES string of the molecule is CCC1CCC(NC(C)CCc2ccc(OC)cc2)C1C. The Morgan fingerprint density at radius 3 is 2.52 bits per heavy atom. The Bertz CT molecular complexity index is 414. The summed E-state index contributed by atoms with van der Waals surface area (Å²) in [6, 6.07) is 9.78. The van der Waals surface area contributed by atoms with Crippen molar-refractivity contribution in [2.24, 2.45) is 11.8 Å². The van der Waals surface area contributed by atoms with Crippen molar-refractivity contribution >= 4 is 0 Å². The van der Waals surface area contributed by atoms with Crippen LogP contribution in [0.5, 0.6) is 5.75 Å². The molecule has 2 rings (SSSR count). The van der Waals surface area contributed by atoms with Crippen LogP contribution in [0.4, 0.5) is 0 Å². The Hall–Kier alpha value is -1.02. The molecule has 21 heavy (non-hydrogen) atoms. The third kappa shape index (κ3) is 4.47. The Morgan fingerprint density at radius 2 is 1.95 bits per heavy atom.